The Morgan fingerprint density at radius 1 is 1.71 bits per heavy atom. The molecule has 1 heterocycles. The summed E-state index contributed by atoms with van der Waals surface area (Å²) in [6, 6.07) is 0. The summed E-state index contributed by atoms with van der Waals surface area (Å²) in [6.07, 6.45) is 1.16. The van der Waals surface area contributed by atoms with Crippen LogP contribution in [0.3, 0.4) is 0 Å². The molecule has 0 N–H and O–H groups in total. The van der Waals surface area contributed by atoms with Crippen LogP contribution in [0.25, 0.3) is 0 Å². The molecular formula is C9H15NO4. The van der Waals surface area contributed by atoms with Gasteiger partial charge in [0.2, 0.25) is 5.91 Å². The van der Waals surface area contributed by atoms with Gasteiger partial charge in [0.25, 0.3) is 0 Å². The van der Waals surface area contributed by atoms with Gasteiger partial charge in [-0.1, -0.05) is 6.92 Å². The lowest BCUT2D eigenvalue weighted by atomic mass is 10.3. The van der Waals surface area contributed by atoms with Gasteiger partial charge < -0.3 is 4.74 Å². The van der Waals surface area contributed by atoms with E-state index in [1.165, 1.54) is 5.06 Å². The Hall–Kier alpha value is -1.10. The Labute approximate surface area is 82.9 Å². The van der Waals surface area contributed by atoms with E-state index in [0.717, 1.165) is 6.42 Å². The van der Waals surface area contributed by atoms with Gasteiger partial charge >= 0.3 is 5.97 Å². The Morgan fingerprint density at radius 3 is 2.93 bits per heavy atom. The maximum absolute atomic E-state index is 11.0. The van der Waals surface area contributed by atoms with Crippen molar-refractivity contribution in [1.82, 2.24) is 5.06 Å². The van der Waals surface area contributed by atoms with Gasteiger partial charge in [-0.25, -0.2) is 5.06 Å². The summed E-state index contributed by atoms with van der Waals surface area (Å²) in [5.41, 5.74) is 0. The lowest BCUT2D eigenvalue weighted by Crippen LogP contribution is -2.20. The van der Waals surface area contributed by atoms with E-state index in [1.54, 1.807) is 7.05 Å². The maximum atomic E-state index is 11.0. The smallest absolute Gasteiger partial charge is 0.305 e. The third-order valence-corrected chi connectivity index (χ3v) is 1.95. The zero-order valence-corrected chi connectivity index (χ0v) is 8.49. The van der Waals surface area contributed by atoms with Gasteiger partial charge in [0.05, 0.1) is 6.42 Å². The van der Waals surface area contributed by atoms with Crippen molar-refractivity contribution < 1.29 is 19.2 Å². The lowest BCUT2D eigenvalue weighted by Gasteiger charge is -2.10. The molecule has 5 heteroatoms. The Kier molecular flexibility index (Phi) is 3.88. The van der Waals surface area contributed by atoms with Crippen LogP contribution < -0.4 is 0 Å². The first-order valence-corrected chi connectivity index (χ1v) is 4.72. The summed E-state index contributed by atoms with van der Waals surface area (Å²) in [6.45, 7) is 2.07. The summed E-state index contributed by atoms with van der Waals surface area (Å²) in [5, 5.41) is 1.18. The van der Waals surface area contributed by atoms with Crippen LogP contribution in [0.4, 0.5) is 0 Å². The minimum absolute atomic E-state index is 0.0819. The summed E-state index contributed by atoms with van der Waals surface area (Å²) in [4.78, 5) is 27.1. The van der Waals surface area contributed by atoms with Crippen LogP contribution in [0.1, 0.15) is 26.2 Å². The fourth-order valence-electron chi connectivity index (χ4n) is 1.19. The number of ether oxygens (including phenoxy) is 1. The van der Waals surface area contributed by atoms with Crippen molar-refractivity contribution in [2.45, 2.75) is 32.3 Å². The molecule has 0 aromatic carbocycles. The van der Waals surface area contributed by atoms with Gasteiger partial charge in [0.1, 0.15) is 12.7 Å². The molecule has 1 aliphatic rings. The zero-order valence-electron chi connectivity index (χ0n) is 8.49. The average molecular weight is 201 g/mol. The number of rotatable bonds is 4. The third-order valence-electron chi connectivity index (χ3n) is 1.95. The monoisotopic (exact) mass is 201 g/mol. The quantitative estimate of drug-likeness (QED) is 0.621. The molecular weight excluding hydrogens is 186 g/mol. The van der Waals surface area contributed by atoms with Crippen LogP contribution in [0.2, 0.25) is 0 Å². The highest BCUT2D eigenvalue weighted by atomic mass is 16.7. The Balaban J connectivity index is 2.20. The second kappa shape index (κ2) is 4.95. The van der Waals surface area contributed by atoms with Crippen molar-refractivity contribution in [3.8, 4) is 0 Å². The van der Waals surface area contributed by atoms with E-state index < -0.39 is 0 Å². The molecule has 0 aliphatic carbocycles. The molecule has 0 aromatic heterocycles. The number of hydroxylamine groups is 2. The summed E-state index contributed by atoms with van der Waals surface area (Å²) < 4.78 is 4.92. The molecule has 0 aromatic rings. The van der Waals surface area contributed by atoms with E-state index in [-0.39, 0.29) is 31.0 Å². The van der Waals surface area contributed by atoms with E-state index in [9.17, 15) is 9.59 Å². The van der Waals surface area contributed by atoms with Crippen LogP contribution in [-0.2, 0) is 19.2 Å². The van der Waals surface area contributed by atoms with Crippen molar-refractivity contribution in [3.63, 3.8) is 0 Å². The highest BCUT2D eigenvalue weighted by molar-refractivity contribution is 5.77. The second-order valence-electron chi connectivity index (χ2n) is 3.26. The van der Waals surface area contributed by atoms with Gasteiger partial charge in [-0.05, 0) is 6.42 Å². The summed E-state index contributed by atoms with van der Waals surface area (Å²) in [5.74, 6) is -0.320. The number of esters is 1. The van der Waals surface area contributed by atoms with E-state index in [0.29, 0.717) is 6.42 Å². The largest absolute Gasteiger partial charge is 0.463 e. The highest BCUT2D eigenvalue weighted by Gasteiger charge is 2.29. The summed E-state index contributed by atoms with van der Waals surface area (Å²) in [7, 11) is 1.55. The molecule has 0 radical (unpaired) electrons. The van der Waals surface area contributed by atoms with Crippen molar-refractivity contribution in [1.29, 1.82) is 0 Å². The molecule has 0 unspecified atom stereocenters. The first kappa shape index (κ1) is 11.0. The standard InChI is InChI=1S/C9H15NO4/c1-3-4-9(12)13-6-7-5-8(11)10(2)14-7/h7H,3-6H2,1-2H3/t7-/m0/s1. The molecule has 1 fully saturated rings. The Bertz CT molecular complexity index is 229. The molecule has 0 spiro atoms. The van der Waals surface area contributed by atoms with Gasteiger partial charge in [-0.2, -0.15) is 0 Å². The highest BCUT2D eigenvalue weighted by Crippen LogP contribution is 2.13. The molecule has 1 rings (SSSR count). The van der Waals surface area contributed by atoms with Crippen LogP contribution in [0.5, 0.6) is 0 Å². The fraction of sp³-hybridized carbons (Fsp3) is 0.778. The second-order valence-corrected chi connectivity index (χ2v) is 3.26. The predicted octanol–water partition coefficient (Wildman–Crippen LogP) is 0.492. The van der Waals surface area contributed by atoms with E-state index in [1.807, 2.05) is 6.92 Å². The van der Waals surface area contributed by atoms with Crippen LogP contribution in [0, 0.1) is 0 Å². The molecule has 0 saturated carbocycles. The molecule has 0 bridgehead atoms. The molecule has 1 amide bonds. The normalized spacial score (nSPS) is 21.4. The number of carbonyl (C=O) groups is 2. The average Bonchev–Trinajstić information content (AvgIpc) is 2.44. The van der Waals surface area contributed by atoms with Gasteiger partial charge in [-0.15, -0.1) is 0 Å². The fourth-order valence-corrected chi connectivity index (χ4v) is 1.19. The minimum Gasteiger partial charge on any atom is -0.463 e. The zero-order chi connectivity index (χ0) is 10.6. The predicted molar refractivity (Wildman–Crippen MR) is 48.1 cm³/mol. The first-order chi connectivity index (χ1) is 6.63. The van der Waals surface area contributed by atoms with E-state index in [2.05, 4.69) is 0 Å². The number of amides is 1. The lowest BCUT2D eigenvalue weighted by molar-refractivity contribution is -0.173. The number of carbonyl (C=O) groups excluding carboxylic acids is 2. The molecule has 14 heavy (non-hydrogen) atoms. The van der Waals surface area contributed by atoms with Gasteiger partial charge in [0.15, 0.2) is 0 Å². The van der Waals surface area contributed by atoms with Gasteiger partial charge in [-0.3, -0.25) is 14.4 Å². The molecule has 1 atom stereocenters. The first-order valence-electron chi connectivity index (χ1n) is 4.72. The van der Waals surface area contributed by atoms with Crippen LogP contribution in [-0.4, -0.2) is 36.7 Å². The third kappa shape index (κ3) is 2.99. The number of hydrogen-bond acceptors (Lipinski definition) is 4. The van der Waals surface area contributed by atoms with E-state index in [4.69, 9.17) is 9.57 Å². The van der Waals surface area contributed by atoms with Gasteiger partial charge in [0, 0.05) is 13.5 Å². The SMILES string of the molecule is CCCC(=O)OC[C@@H]1CC(=O)N(C)O1. The molecule has 1 aliphatic heterocycles. The van der Waals surface area contributed by atoms with Crippen LogP contribution >= 0.6 is 0 Å². The number of nitrogens with zero attached hydrogens (tertiary/aromatic N) is 1. The van der Waals surface area contributed by atoms with Crippen molar-refractivity contribution in [3.05, 3.63) is 0 Å². The van der Waals surface area contributed by atoms with Crippen LogP contribution in [0.15, 0.2) is 0 Å². The topological polar surface area (TPSA) is 55.8 Å². The van der Waals surface area contributed by atoms with Crippen molar-refractivity contribution in [2.24, 2.45) is 0 Å². The van der Waals surface area contributed by atoms with Crippen molar-refractivity contribution in [2.75, 3.05) is 13.7 Å². The molecule has 5 nitrogen and oxygen atoms in total. The number of hydrogen-bond donors (Lipinski definition) is 0. The van der Waals surface area contributed by atoms with Crippen molar-refractivity contribution >= 4 is 11.9 Å². The molecule has 80 valence electrons. The summed E-state index contributed by atoms with van der Waals surface area (Å²) >= 11 is 0. The minimum atomic E-state index is -0.312. The maximum Gasteiger partial charge on any atom is 0.305 e. The van der Waals surface area contributed by atoms with E-state index >= 15 is 0 Å². The molecule has 1 saturated heterocycles. The Morgan fingerprint density at radius 2 is 2.43 bits per heavy atom.